The Morgan fingerprint density at radius 2 is 1.50 bits per heavy atom. The molecule has 0 heterocycles. The predicted octanol–water partition coefficient (Wildman–Crippen LogP) is 3.38. The summed E-state index contributed by atoms with van der Waals surface area (Å²) in [5, 5.41) is 7.10. The molecule has 0 aliphatic heterocycles. The summed E-state index contributed by atoms with van der Waals surface area (Å²) >= 11 is 0. The Hall–Kier alpha value is -3.88. The first-order valence-corrected chi connectivity index (χ1v) is 9.17. The molecule has 30 heavy (non-hydrogen) atoms. The molecule has 0 saturated carbocycles. The van der Waals surface area contributed by atoms with Crippen molar-refractivity contribution in [3.8, 4) is 0 Å². The molecule has 0 aliphatic carbocycles. The summed E-state index contributed by atoms with van der Waals surface area (Å²) in [6, 6.07) is 10.4. The highest BCUT2D eigenvalue weighted by Gasteiger charge is 2.13. The van der Waals surface area contributed by atoms with Gasteiger partial charge in [-0.1, -0.05) is 6.07 Å². The largest absolute Gasteiger partial charge is 0.452 e. The van der Waals surface area contributed by atoms with Gasteiger partial charge in [-0.3, -0.25) is 15.4 Å². The monoisotopic (exact) mass is 413 g/mol. The minimum absolute atomic E-state index is 0.178. The highest BCUT2D eigenvalue weighted by atomic mass is 16.5. The van der Waals surface area contributed by atoms with Crippen molar-refractivity contribution in [2.75, 3.05) is 23.8 Å². The number of urea groups is 1. The molecule has 0 bridgehead atoms. The molecular formula is C21H23N3O6. The van der Waals surface area contributed by atoms with E-state index in [1.807, 2.05) is 19.9 Å². The van der Waals surface area contributed by atoms with Crippen molar-refractivity contribution in [1.82, 2.24) is 5.32 Å². The van der Waals surface area contributed by atoms with Gasteiger partial charge in [0.25, 0.3) is 5.91 Å². The Morgan fingerprint density at radius 1 is 0.833 bits per heavy atom. The minimum atomic E-state index is -0.773. The molecule has 9 heteroatoms. The number of hydrogen-bond acceptors (Lipinski definition) is 6. The topological polar surface area (TPSA) is 123 Å². The molecule has 2 rings (SSSR count). The van der Waals surface area contributed by atoms with Crippen LogP contribution in [0.15, 0.2) is 42.5 Å². The normalized spacial score (nSPS) is 9.97. The minimum Gasteiger partial charge on any atom is -0.452 e. The van der Waals surface area contributed by atoms with Crippen LogP contribution in [0.5, 0.6) is 0 Å². The molecule has 2 aromatic carbocycles. The third kappa shape index (κ3) is 6.93. The predicted molar refractivity (Wildman–Crippen MR) is 110 cm³/mol. The van der Waals surface area contributed by atoms with Gasteiger partial charge in [0, 0.05) is 11.4 Å². The van der Waals surface area contributed by atoms with Gasteiger partial charge < -0.3 is 14.8 Å². The van der Waals surface area contributed by atoms with Crippen molar-refractivity contribution in [2.45, 2.75) is 20.8 Å². The molecular weight excluding hydrogens is 390 g/mol. The first-order valence-electron chi connectivity index (χ1n) is 9.17. The summed E-state index contributed by atoms with van der Waals surface area (Å²) < 4.78 is 9.64. The number of carbonyl (C=O) groups excluding carboxylic acids is 4. The Balaban J connectivity index is 1.79. The van der Waals surface area contributed by atoms with Crippen molar-refractivity contribution in [3.63, 3.8) is 0 Å². The van der Waals surface area contributed by atoms with Crippen molar-refractivity contribution < 1.29 is 28.7 Å². The summed E-state index contributed by atoms with van der Waals surface area (Å²) in [5.74, 6) is -1.52. The smallest absolute Gasteiger partial charge is 0.411 e. The lowest BCUT2D eigenvalue weighted by molar-refractivity contribution is -0.123. The quantitative estimate of drug-likeness (QED) is 0.624. The number of hydrogen-bond donors (Lipinski definition) is 3. The third-order valence-electron chi connectivity index (χ3n) is 3.99. The average Bonchev–Trinajstić information content (AvgIpc) is 2.69. The lowest BCUT2D eigenvalue weighted by Gasteiger charge is -2.09. The van der Waals surface area contributed by atoms with Crippen LogP contribution in [-0.4, -0.2) is 37.2 Å². The maximum Gasteiger partial charge on any atom is 0.411 e. The van der Waals surface area contributed by atoms with Crippen LogP contribution in [0, 0.1) is 13.8 Å². The number of nitrogens with one attached hydrogen (secondary N) is 3. The molecule has 2 aromatic rings. The molecule has 158 valence electrons. The first kappa shape index (κ1) is 22.4. The van der Waals surface area contributed by atoms with E-state index in [0.29, 0.717) is 11.4 Å². The maximum absolute atomic E-state index is 12.0. The van der Waals surface area contributed by atoms with Crippen LogP contribution in [0.3, 0.4) is 0 Å². The zero-order valence-electron chi connectivity index (χ0n) is 16.9. The highest BCUT2D eigenvalue weighted by molar-refractivity contribution is 6.02. The number of carbonyl (C=O) groups is 4. The molecule has 9 nitrogen and oxygen atoms in total. The average molecular weight is 413 g/mol. The van der Waals surface area contributed by atoms with Crippen LogP contribution < -0.4 is 16.0 Å². The second-order valence-corrected chi connectivity index (χ2v) is 6.30. The van der Waals surface area contributed by atoms with E-state index in [2.05, 4.69) is 16.0 Å². The molecule has 4 amide bonds. The number of esters is 1. The molecule has 0 atom stereocenters. The molecule has 0 fully saturated rings. The van der Waals surface area contributed by atoms with Gasteiger partial charge in [0.1, 0.15) is 0 Å². The van der Waals surface area contributed by atoms with Crippen LogP contribution >= 0.6 is 0 Å². The highest BCUT2D eigenvalue weighted by Crippen LogP contribution is 2.14. The fourth-order valence-electron chi connectivity index (χ4n) is 2.33. The van der Waals surface area contributed by atoms with Gasteiger partial charge in [0.2, 0.25) is 0 Å². The number of amides is 4. The van der Waals surface area contributed by atoms with E-state index in [1.165, 1.54) is 24.3 Å². The number of ether oxygens (including phenoxy) is 2. The lowest BCUT2D eigenvalue weighted by atomic mass is 10.1. The number of benzene rings is 2. The van der Waals surface area contributed by atoms with E-state index < -0.39 is 30.6 Å². The second kappa shape index (κ2) is 10.6. The Morgan fingerprint density at radius 3 is 2.13 bits per heavy atom. The fourth-order valence-corrected chi connectivity index (χ4v) is 2.33. The third-order valence-corrected chi connectivity index (χ3v) is 3.99. The fraction of sp³-hybridized carbons (Fsp3) is 0.238. The molecule has 0 spiro atoms. The van der Waals surface area contributed by atoms with E-state index >= 15 is 0 Å². The van der Waals surface area contributed by atoms with Gasteiger partial charge >= 0.3 is 18.1 Å². The Kier molecular flexibility index (Phi) is 7.92. The molecule has 0 aliphatic rings. The Bertz CT molecular complexity index is 940. The van der Waals surface area contributed by atoms with E-state index in [-0.39, 0.29) is 12.2 Å². The summed E-state index contributed by atoms with van der Waals surface area (Å²) in [7, 11) is 0. The first-order chi connectivity index (χ1) is 14.3. The molecule has 0 saturated heterocycles. The summed E-state index contributed by atoms with van der Waals surface area (Å²) in [4.78, 5) is 47.1. The number of imide groups is 1. The van der Waals surface area contributed by atoms with Crippen molar-refractivity contribution in [1.29, 1.82) is 0 Å². The van der Waals surface area contributed by atoms with Gasteiger partial charge in [-0.2, -0.15) is 0 Å². The lowest BCUT2D eigenvalue weighted by Crippen LogP contribution is -2.37. The number of aryl methyl sites for hydroxylation is 2. The van der Waals surface area contributed by atoms with E-state index in [9.17, 15) is 19.2 Å². The van der Waals surface area contributed by atoms with Crippen molar-refractivity contribution in [2.24, 2.45) is 0 Å². The summed E-state index contributed by atoms with van der Waals surface area (Å²) in [6.45, 7) is 5.15. The standard InChI is InChI=1S/C21H23N3O6/c1-4-29-21(28)23-16-9-6-15(7-10-16)19(26)30-12-18(25)24-20(27)22-17-8-5-13(2)14(3)11-17/h5-11H,4,12H2,1-3H3,(H,23,28)(H2,22,24,25,27). The zero-order chi connectivity index (χ0) is 22.1. The van der Waals surface area contributed by atoms with E-state index in [4.69, 9.17) is 9.47 Å². The van der Waals surface area contributed by atoms with Crippen LogP contribution in [0.1, 0.15) is 28.4 Å². The van der Waals surface area contributed by atoms with Gasteiger partial charge in [0.05, 0.1) is 12.2 Å². The Labute approximate surface area is 173 Å². The maximum atomic E-state index is 12.0. The van der Waals surface area contributed by atoms with Gasteiger partial charge in [-0.05, 0) is 68.3 Å². The molecule has 3 N–H and O–H groups in total. The van der Waals surface area contributed by atoms with Gasteiger partial charge in [-0.15, -0.1) is 0 Å². The number of rotatable bonds is 6. The van der Waals surface area contributed by atoms with E-state index in [0.717, 1.165) is 11.1 Å². The zero-order valence-corrected chi connectivity index (χ0v) is 16.9. The van der Waals surface area contributed by atoms with Crippen LogP contribution in [0.25, 0.3) is 0 Å². The molecule has 0 aromatic heterocycles. The second-order valence-electron chi connectivity index (χ2n) is 6.30. The SMILES string of the molecule is CCOC(=O)Nc1ccc(C(=O)OCC(=O)NC(=O)Nc2ccc(C)c(C)c2)cc1. The van der Waals surface area contributed by atoms with Gasteiger partial charge in [-0.25, -0.2) is 14.4 Å². The van der Waals surface area contributed by atoms with Crippen LogP contribution in [0.4, 0.5) is 21.0 Å². The van der Waals surface area contributed by atoms with E-state index in [1.54, 1.807) is 19.1 Å². The van der Waals surface area contributed by atoms with Crippen LogP contribution in [-0.2, 0) is 14.3 Å². The molecule has 0 unspecified atom stereocenters. The van der Waals surface area contributed by atoms with Crippen LogP contribution in [0.2, 0.25) is 0 Å². The molecule has 0 radical (unpaired) electrons. The summed E-state index contributed by atoms with van der Waals surface area (Å²) in [6.07, 6.45) is -0.608. The van der Waals surface area contributed by atoms with Gasteiger partial charge in [0.15, 0.2) is 6.61 Å². The van der Waals surface area contributed by atoms with Crippen molar-refractivity contribution >= 4 is 35.4 Å². The van der Waals surface area contributed by atoms with Crippen molar-refractivity contribution in [3.05, 3.63) is 59.2 Å². The number of anilines is 2. The summed E-state index contributed by atoms with van der Waals surface area (Å²) in [5.41, 5.74) is 3.23.